The number of nitrogens with one attached hydrogen (secondary N) is 2. The van der Waals surface area contributed by atoms with Gasteiger partial charge in [0.05, 0.1) is 14.2 Å². The minimum Gasteiger partial charge on any atom is -0.493 e. The van der Waals surface area contributed by atoms with Crippen molar-refractivity contribution in [3.05, 3.63) is 22.2 Å². The van der Waals surface area contributed by atoms with Crippen LogP contribution in [0.1, 0.15) is 25.3 Å². The van der Waals surface area contributed by atoms with E-state index in [1.807, 2.05) is 19.1 Å². The van der Waals surface area contributed by atoms with Crippen LogP contribution in [-0.2, 0) is 11.3 Å². The van der Waals surface area contributed by atoms with E-state index >= 15 is 0 Å². The summed E-state index contributed by atoms with van der Waals surface area (Å²) in [6.45, 7) is 5.08. The Labute approximate surface area is 176 Å². The first-order chi connectivity index (χ1) is 11.7. The van der Waals surface area contributed by atoms with Gasteiger partial charge < -0.3 is 24.8 Å². The Hall–Kier alpha value is -0.740. The molecule has 0 aliphatic rings. The maximum absolute atomic E-state index is 5.35. The number of methoxy groups -OCH3 is 2. The van der Waals surface area contributed by atoms with Crippen molar-refractivity contribution in [3.8, 4) is 11.5 Å². The van der Waals surface area contributed by atoms with Crippen LogP contribution in [-0.4, -0.2) is 47.0 Å². The van der Waals surface area contributed by atoms with Gasteiger partial charge in [0, 0.05) is 37.8 Å². The Morgan fingerprint density at radius 3 is 2.40 bits per heavy atom. The van der Waals surface area contributed by atoms with Crippen LogP contribution >= 0.6 is 39.9 Å². The normalized spacial score (nSPS) is 10.8. The number of rotatable bonds is 10. The van der Waals surface area contributed by atoms with Crippen molar-refractivity contribution in [2.45, 2.75) is 26.3 Å². The molecule has 2 N–H and O–H groups in total. The van der Waals surface area contributed by atoms with Crippen molar-refractivity contribution in [1.82, 2.24) is 10.6 Å². The molecule has 0 amide bonds. The van der Waals surface area contributed by atoms with Crippen molar-refractivity contribution in [3.63, 3.8) is 0 Å². The lowest BCUT2D eigenvalue weighted by Crippen LogP contribution is -2.37. The van der Waals surface area contributed by atoms with Crippen molar-refractivity contribution < 1.29 is 14.2 Å². The lowest BCUT2D eigenvalue weighted by atomic mass is 10.2. The van der Waals surface area contributed by atoms with Gasteiger partial charge in [0.2, 0.25) is 0 Å². The van der Waals surface area contributed by atoms with Crippen molar-refractivity contribution in [2.24, 2.45) is 4.99 Å². The molecule has 144 valence electrons. The average Bonchev–Trinajstić information content (AvgIpc) is 2.61. The molecule has 0 saturated heterocycles. The molecule has 1 aromatic carbocycles. The predicted octanol–water partition coefficient (Wildman–Crippen LogP) is 3.57. The monoisotopic (exact) mass is 529 g/mol. The smallest absolute Gasteiger partial charge is 0.191 e. The predicted molar refractivity (Wildman–Crippen MR) is 117 cm³/mol. The first-order valence-electron chi connectivity index (χ1n) is 8.08. The number of unbranched alkanes of at least 4 members (excludes halogenated alkanes) is 1. The van der Waals surface area contributed by atoms with Crippen LogP contribution in [0, 0.1) is 0 Å². The number of guanidine groups is 1. The fourth-order valence-electron chi connectivity index (χ4n) is 2.11. The third-order valence-corrected chi connectivity index (χ3v) is 4.17. The van der Waals surface area contributed by atoms with Gasteiger partial charge in [0.1, 0.15) is 0 Å². The highest BCUT2D eigenvalue weighted by Crippen LogP contribution is 2.33. The number of benzene rings is 1. The molecule has 6 nitrogen and oxygen atoms in total. The maximum Gasteiger partial charge on any atom is 0.191 e. The second-order valence-electron chi connectivity index (χ2n) is 5.06. The number of hydrogen-bond acceptors (Lipinski definition) is 4. The van der Waals surface area contributed by atoms with Crippen LogP contribution < -0.4 is 20.1 Å². The molecule has 8 heteroatoms. The van der Waals surface area contributed by atoms with Gasteiger partial charge in [-0.1, -0.05) is 15.9 Å². The summed E-state index contributed by atoms with van der Waals surface area (Å²) in [6, 6.07) is 3.85. The summed E-state index contributed by atoms with van der Waals surface area (Å²) in [6.07, 6.45) is 2.08. The number of aliphatic imine (C=N–C) groups is 1. The molecule has 0 aliphatic heterocycles. The standard InChI is InChI=1S/C17H28BrN3O3.HI/c1-5-24-9-7-6-8-20-17(19-2)21-12-13-10-15(22-3)16(23-4)11-14(13)18;/h10-11H,5-9,12H2,1-4H3,(H2,19,20,21);1H. The van der Waals surface area contributed by atoms with Crippen molar-refractivity contribution in [1.29, 1.82) is 0 Å². The van der Waals surface area contributed by atoms with E-state index in [1.165, 1.54) is 0 Å². The van der Waals surface area contributed by atoms with E-state index in [4.69, 9.17) is 14.2 Å². The molecule has 0 heterocycles. The van der Waals surface area contributed by atoms with E-state index in [1.54, 1.807) is 21.3 Å². The van der Waals surface area contributed by atoms with Gasteiger partial charge in [-0.2, -0.15) is 0 Å². The number of hydrogen-bond donors (Lipinski definition) is 2. The largest absolute Gasteiger partial charge is 0.493 e. The topological polar surface area (TPSA) is 64.1 Å². The second kappa shape index (κ2) is 14.4. The number of halogens is 2. The second-order valence-corrected chi connectivity index (χ2v) is 5.91. The first kappa shape index (κ1) is 24.3. The van der Waals surface area contributed by atoms with Crippen molar-refractivity contribution >= 4 is 45.9 Å². The Morgan fingerprint density at radius 1 is 1.12 bits per heavy atom. The van der Waals surface area contributed by atoms with E-state index in [0.29, 0.717) is 18.0 Å². The molecule has 0 fully saturated rings. The quantitative estimate of drug-likeness (QED) is 0.210. The SMILES string of the molecule is CCOCCCCNC(=NC)NCc1cc(OC)c(OC)cc1Br.I. The summed E-state index contributed by atoms with van der Waals surface area (Å²) >= 11 is 3.56. The molecule has 25 heavy (non-hydrogen) atoms. The van der Waals surface area contributed by atoms with E-state index in [0.717, 1.165) is 48.6 Å². The van der Waals surface area contributed by atoms with Crippen LogP contribution in [0.5, 0.6) is 11.5 Å². The molecule has 0 aliphatic carbocycles. The highest BCUT2D eigenvalue weighted by molar-refractivity contribution is 14.0. The molecule has 0 bridgehead atoms. The molecule has 0 unspecified atom stereocenters. The van der Waals surface area contributed by atoms with E-state index in [9.17, 15) is 0 Å². The van der Waals surface area contributed by atoms with Gasteiger partial charge in [0.15, 0.2) is 17.5 Å². The summed E-state index contributed by atoms with van der Waals surface area (Å²) in [5.74, 6) is 2.18. The molecular formula is C17H29BrIN3O3. The van der Waals surface area contributed by atoms with Crippen LogP contribution in [0.2, 0.25) is 0 Å². The summed E-state index contributed by atoms with van der Waals surface area (Å²) < 4.78 is 16.9. The van der Waals surface area contributed by atoms with Crippen molar-refractivity contribution in [2.75, 3.05) is 41.0 Å². The summed E-state index contributed by atoms with van der Waals surface area (Å²) in [4.78, 5) is 4.23. The van der Waals surface area contributed by atoms with E-state index < -0.39 is 0 Å². The summed E-state index contributed by atoms with van der Waals surface area (Å²) in [5.41, 5.74) is 1.06. The fraction of sp³-hybridized carbons (Fsp3) is 0.588. The molecule has 1 rings (SSSR count). The van der Waals surface area contributed by atoms with Crippen LogP contribution in [0.3, 0.4) is 0 Å². The van der Waals surface area contributed by atoms with Crippen LogP contribution in [0.15, 0.2) is 21.6 Å². The highest BCUT2D eigenvalue weighted by Gasteiger charge is 2.10. The zero-order valence-corrected chi connectivity index (χ0v) is 19.3. The van der Waals surface area contributed by atoms with Gasteiger partial charge >= 0.3 is 0 Å². The maximum atomic E-state index is 5.35. The fourth-order valence-corrected chi connectivity index (χ4v) is 2.57. The van der Waals surface area contributed by atoms with Gasteiger partial charge in [-0.15, -0.1) is 24.0 Å². The Morgan fingerprint density at radius 2 is 1.80 bits per heavy atom. The third-order valence-electron chi connectivity index (χ3n) is 3.43. The molecule has 0 radical (unpaired) electrons. The molecule has 1 aromatic rings. The molecule has 0 spiro atoms. The zero-order chi connectivity index (χ0) is 17.8. The van der Waals surface area contributed by atoms with Gasteiger partial charge in [0.25, 0.3) is 0 Å². The number of ether oxygens (including phenoxy) is 3. The Kier molecular flexibility index (Phi) is 14.0. The molecule has 0 saturated carbocycles. The number of nitrogens with zero attached hydrogens (tertiary/aromatic N) is 1. The van der Waals surface area contributed by atoms with Gasteiger partial charge in [-0.05, 0) is 37.5 Å². The van der Waals surface area contributed by atoms with Gasteiger partial charge in [-0.25, -0.2) is 0 Å². The van der Waals surface area contributed by atoms with Crippen LogP contribution in [0.25, 0.3) is 0 Å². The summed E-state index contributed by atoms with van der Waals surface area (Å²) in [7, 11) is 5.02. The Balaban J connectivity index is 0.00000576. The highest BCUT2D eigenvalue weighted by atomic mass is 127. The molecule has 0 atom stereocenters. The minimum atomic E-state index is 0. The van der Waals surface area contributed by atoms with Gasteiger partial charge in [-0.3, -0.25) is 4.99 Å². The van der Waals surface area contributed by atoms with Crippen LogP contribution in [0.4, 0.5) is 0 Å². The van der Waals surface area contributed by atoms with E-state index in [-0.39, 0.29) is 24.0 Å². The minimum absolute atomic E-state index is 0. The lowest BCUT2D eigenvalue weighted by molar-refractivity contribution is 0.143. The summed E-state index contributed by atoms with van der Waals surface area (Å²) in [5, 5.41) is 6.60. The first-order valence-corrected chi connectivity index (χ1v) is 8.88. The average molecular weight is 530 g/mol. The Bertz CT molecular complexity index is 530. The van der Waals surface area contributed by atoms with E-state index in [2.05, 4.69) is 31.6 Å². The lowest BCUT2D eigenvalue weighted by Gasteiger charge is -2.15. The molecule has 0 aromatic heterocycles. The zero-order valence-electron chi connectivity index (χ0n) is 15.4. The molecular weight excluding hydrogens is 501 g/mol. The third kappa shape index (κ3) is 8.96.